The largest absolute Gasteiger partial charge is 0.393 e. The van der Waals surface area contributed by atoms with Crippen molar-refractivity contribution in [2.45, 2.75) is 84.2 Å². The number of hydrogen-bond acceptors (Lipinski definition) is 2. The van der Waals surface area contributed by atoms with Crippen molar-refractivity contribution in [3.63, 3.8) is 0 Å². The Bertz CT molecular complexity index is 472. The quantitative estimate of drug-likeness (QED) is 0.764. The van der Waals surface area contributed by atoms with Crippen LogP contribution in [0.3, 0.4) is 0 Å². The van der Waals surface area contributed by atoms with Crippen LogP contribution in [0.1, 0.15) is 78.6 Å². The van der Waals surface area contributed by atoms with Gasteiger partial charge in [-0.3, -0.25) is 0 Å². The van der Waals surface area contributed by atoms with Gasteiger partial charge in [0, 0.05) is 0 Å². The van der Waals surface area contributed by atoms with E-state index < -0.39 is 5.60 Å². The molecule has 0 aromatic heterocycles. The first-order valence-electron chi connectivity index (χ1n) is 9.59. The first-order valence-corrected chi connectivity index (χ1v) is 9.59. The van der Waals surface area contributed by atoms with E-state index in [2.05, 4.69) is 20.8 Å². The number of rotatable bonds is 1. The normalized spacial score (nSPS) is 56.3. The van der Waals surface area contributed by atoms with Crippen LogP contribution in [0.4, 0.5) is 0 Å². The van der Waals surface area contributed by atoms with Gasteiger partial charge in [0.15, 0.2) is 0 Å². The van der Waals surface area contributed by atoms with Crippen LogP contribution in [-0.2, 0) is 0 Å². The van der Waals surface area contributed by atoms with E-state index in [0.717, 1.165) is 24.7 Å². The molecular weight excluding hydrogens is 272 g/mol. The van der Waals surface area contributed by atoms with E-state index in [4.69, 9.17) is 0 Å². The Morgan fingerprint density at radius 3 is 2.45 bits per heavy atom. The van der Waals surface area contributed by atoms with Gasteiger partial charge in [-0.15, -0.1) is 0 Å². The van der Waals surface area contributed by atoms with Gasteiger partial charge in [-0.2, -0.15) is 0 Å². The van der Waals surface area contributed by atoms with Crippen LogP contribution in [0.25, 0.3) is 0 Å². The van der Waals surface area contributed by atoms with Gasteiger partial charge in [-0.1, -0.05) is 27.2 Å². The summed E-state index contributed by atoms with van der Waals surface area (Å²) < 4.78 is 0. The Kier molecular flexibility index (Phi) is 3.16. The summed E-state index contributed by atoms with van der Waals surface area (Å²) >= 11 is 0. The van der Waals surface area contributed by atoms with Crippen molar-refractivity contribution in [2.24, 2.45) is 34.0 Å². The first kappa shape index (κ1) is 15.4. The third-order valence-corrected chi connectivity index (χ3v) is 8.89. The average molecular weight is 306 g/mol. The molecule has 4 aliphatic carbocycles. The summed E-state index contributed by atoms with van der Waals surface area (Å²) in [5, 5.41) is 20.7. The van der Waals surface area contributed by atoms with Gasteiger partial charge < -0.3 is 10.2 Å². The molecule has 0 saturated heterocycles. The second-order valence-corrected chi connectivity index (χ2v) is 10.3. The molecule has 0 aliphatic heterocycles. The third kappa shape index (κ3) is 1.80. The lowest BCUT2D eigenvalue weighted by Gasteiger charge is -2.64. The topological polar surface area (TPSA) is 40.5 Å². The van der Waals surface area contributed by atoms with Crippen molar-refractivity contribution in [3.05, 3.63) is 0 Å². The van der Waals surface area contributed by atoms with Crippen molar-refractivity contribution >= 4 is 0 Å². The van der Waals surface area contributed by atoms with Gasteiger partial charge in [0.05, 0.1) is 12.2 Å². The standard InChI is InChI=1S/C20H34O2/c1-17(2)8-4-9-18(3)15(17)7-10-19-11-14(5-6-16(18)19)20(22,12-19)13-21/h14-16,21-22H,4-13H2,1-3H3/t14-,15-,16-,18-,19+,20+/m1/s1. The molecule has 0 unspecified atom stereocenters. The minimum absolute atomic E-state index is 0.0300. The fourth-order valence-corrected chi connectivity index (χ4v) is 8.13. The molecule has 2 heteroatoms. The van der Waals surface area contributed by atoms with Crippen molar-refractivity contribution in [3.8, 4) is 0 Å². The maximum Gasteiger partial charge on any atom is 0.0910 e. The zero-order valence-electron chi connectivity index (χ0n) is 14.7. The summed E-state index contributed by atoms with van der Waals surface area (Å²) in [4.78, 5) is 0. The summed E-state index contributed by atoms with van der Waals surface area (Å²) in [6, 6.07) is 0. The van der Waals surface area contributed by atoms with Crippen LogP contribution in [0.5, 0.6) is 0 Å². The fourth-order valence-electron chi connectivity index (χ4n) is 8.13. The van der Waals surface area contributed by atoms with Crippen LogP contribution in [0, 0.1) is 34.0 Å². The van der Waals surface area contributed by atoms with E-state index in [1.165, 1.54) is 44.9 Å². The third-order valence-electron chi connectivity index (χ3n) is 8.89. The second kappa shape index (κ2) is 4.51. The van der Waals surface area contributed by atoms with Gasteiger partial charge in [0.2, 0.25) is 0 Å². The van der Waals surface area contributed by atoms with Crippen molar-refractivity contribution < 1.29 is 10.2 Å². The predicted octanol–water partition coefficient (Wildman–Crippen LogP) is 4.14. The summed E-state index contributed by atoms with van der Waals surface area (Å²) in [6.07, 6.45) is 11.2. The molecule has 2 nitrogen and oxygen atoms in total. The minimum atomic E-state index is -0.776. The van der Waals surface area contributed by atoms with E-state index in [1.54, 1.807) is 0 Å². The summed E-state index contributed by atoms with van der Waals surface area (Å²) in [7, 11) is 0. The highest BCUT2D eigenvalue weighted by Crippen LogP contribution is 2.72. The highest BCUT2D eigenvalue weighted by atomic mass is 16.3. The van der Waals surface area contributed by atoms with E-state index >= 15 is 0 Å². The van der Waals surface area contributed by atoms with Crippen molar-refractivity contribution in [2.75, 3.05) is 6.61 Å². The highest BCUT2D eigenvalue weighted by molar-refractivity contribution is 5.16. The molecule has 4 fully saturated rings. The van der Waals surface area contributed by atoms with E-state index in [0.29, 0.717) is 22.2 Å². The van der Waals surface area contributed by atoms with E-state index in [-0.39, 0.29) is 6.61 Å². The van der Waals surface area contributed by atoms with Crippen molar-refractivity contribution in [1.82, 2.24) is 0 Å². The molecule has 6 atom stereocenters. The van der Waals surface area contributed by atoms with E-state index in [9.17, 15) is 10.2 Å². The number of hydrogen-bond donors (Lipinski definition) is 2. The van der Waals surface area contributed by atoms with E-state index in [1.807, 2.05) is 0 Å². The van der Waals surface area contributed by atoms with Gasteiger partial charge in [-0.25, -0.2) is 0 Å². The van der Waals surface area contributed by atoms with Crippen LogP contribution in [0.2, 0.25) is 0 Å². The number of aliphatic hydroxyl groups excluding tert-OH is 1. The lowest BCUT2D eigenvalue weighted by atomic mass is 9.41. The molecule has 0 radical (unpaired) electrons. The summed E-state index contributed by atoms with van der Waals surface area (Å²) in [6.45, 7) is 7.55. The molecule has 2 bridgehead atoms. The zero-order valence-corrected chi connectivity index (χ0v) is 14.7. The molecule has 126 valence electrons. The fraction of sp³-hybridized carbons (Fsp3) is 1.00. The Labute approximate surface area is 135 Å². The van der Waals surface area contributed by atoms with Crippen LogP contribution in [0.15, 0.2) is 0 Å². The lowest BCUT2D eigenvalue weighted by Crippen LogP contribution is -2.55. The van der Waals surface area contributed by atoms with Crippen molar-refractivity contribution in [1.29, 1.82) is 0 Å². The second-order valence-electron chi connectivity index (χ2n) is 10.3. The number of fused-ring (bicyclic) bond motifs is 3. The molecule has 22 heavy (non-hydrogen) atoms. The van der Waals surface area contributed by atoms with Gasteiger partial charge in [0.1, 0.15) is 0 Å². The molecule has 0 amide bonds. The Hall–Kier alpha value is -0.0800. The molecule has 4 rings (SSSR count). The van der Waals surface area contributed by atoms with Gasteiger partial charge >= 0.3 is 0 Å². The molecular formula is C20H34O2. The maximum atomic E-state index is 10.9. The van der Waals surface area contributed by atoms with Gasteiger partial charge in [0.25, 0.3) is 0 Å². The summed E-state index contributed by atoms with van der Waals surface area (Å²) in [5.41, 5.74) is 0.504. The number of aliphatic hydroxyl groups is 2. The molecule has 4 aliphatic rings. The Morgan fingerprint density at radius 1 is 0.955 bits per heavy atom. The molecule has 0 aromatic rings. The monoisotopic (exact) mass is 306 g/mol. The SMILES string of the molecule is CC1(C)CCC[C@]2(C)[C@@H]1CC[C@@]13C[C@@H](CC[C@@H]12)[C@@](O)(CO)C3. The smallest absolute Gasteiger partial charge is 0.0910 e. The average Bonchev–Trinajstić information content (AvgIpc) is 2.65. The molecule has 0 heterocycles. The van der Waals surface area contributed by atoms with Crippen LogP contribution < -0.4 is 0 Å². The van der Waals surface area contributed by atoms with Crippen LogP contribution in [-0.4, -0.2) is 22.4 Å². The lowest BCUT2D eigenvalue weighted by molar-refractivity contribution is -0.145. The minimum Gasteiger partial charge on any atom is -0.393 e. The van der Waals surface area contributed by atoms with Gasteiger partial charge in [-0.05, 0) is 85.4 Å². The Morgan fingerprint density at radius 2 is 1.73 bits per heavy atom. The van der Waals surface area contributed by atoms with Crippen LogP contribution >= 0.6 is 0 Å². The Balaban J connectivity index is 1.72. The first-order chi connectivity index (χ1) is 10.3. The zero-order chi connectivity index (χ0) is 15.8. The molecule has 4 saturated carbocycles. The predicted molar refractivity (Wildman–Crippen MR) is 88.4 cm³/mol. The summed E-state index contributed by atoms with van der Waals surface area (Å²) in [5.74, 6) is 1.98. The molecule has 2 N–H and O–H groups in total. The molecule has 1 spiro atoms. The highest BCUT2D eigenvalue weighted by Gasteiger charge is 2.66. The maximum absolute atomic E-state index is 10.9. The molecule has 0 aromatic carbocycles.